The lowest BCUT2D eigenvalue weighted by Gasteiger charge is -2.23. The minimum Gasteiger partial charge on any atom is -0.481 e. The maximum atomic E-state index is 13.7. The van der Waals surface area contributed by atoms with Crippen LogP contribution < -0.4 is 20.1 Å². The average Bonchev–Trinajstić information content (AvgIpc) is 3.29. The maximum absolute atomic E-state index is 13.7. The van der Waals surface area contributed by atoms with Crippen LogP contribution in [-0.2, 0) is 11.2 Å². The lowest BCUT2D eigenvalue weighted by Crippen LogP contribution is -2.30. The molecule has 3 aromatic rings. The van der Waals surface area contributed by atoms with Gasteiger partial charge in [0.05, 0.1) is 6.04 Å². The van der Waals surface area contributed by atoms with Gasteiger partial charge in [-0.1, -0.05) is 49.2 Å². The highest BCUT2D eigenvalue weighted by Gasteiger charge is 2.21. The Labute approximate surface area is 217 Å². The summed E-state index contributed by atoms with van der Waals surface area (Å²) in [6, 6.07) is 17.2. The van der Waals surface area contributed by atoms with Crippen molar-refractivity contribution in [2.45, 2.75) is 53.0 Å². The van der Waals surface area contributed by atoms with Crippen LogP contribution in [0, 0.1) is 19.8 Å². The van der Waals surface area contributed by atoms with E-state index in [1.807, 2.05) is 30.3 Å². The van der Waals surface area contributed by atoms with Crippen molar-refractivity contribution in [3.8, 4) is 11.5 Å². The summed E-state index contributed by atoms with van der Waals surface area (Å²) < 4.78 is 10.8. The molecule has 4 rings (SSSR count). The molecule has 1 heterocycles. The first-order valence-corrected chi connectivity index (χ1v) is 12.6. The zero-order valence-electron chi connectivity index (χ0n) is 21.8. The maximum Gasteiger partial charge on any atom is 0.303 e. The smallest absolute Gasteiger partial charge is 0.303 e. The minimum absolute atomic E-state index is 0.0539. The van der Waals surface area contributed by atoms with E-state index in [0.717, 1.165) is 34.5 Å². The Morgan fingerprint density at radius 1 is 0.919 bits per heavy atom. The summed E-state index contributed by atoms with van der Waals surface area (Å²) in [5.74, 6) is 0.598. The summed E-state index contributed by atoms with van der Waals surface area (Å²) in [4.78, 5) is 24.9. The Balaban J connectivity index is 1.63. The number of benzene rings is 3. The number of aliphatic carboxylic acids is 1. The number of carboxylic acid groups (broad SMARTS) is 1. The van der Waals surface area contributed by atoms with E-state index in [-0.39, 0.29) is 31.6 Å². The third-order valence-corrected chi connectivity index (χ3v) is 6.28. The Morgan fingerprint density at radius 3 is 2.30 bits per heavy atom. The van der Waals surface area contributed by atoms with Gasteiger partial charge in [0, 0.05) is 29.4 Å². The summed E-state index contributed by atoms with van der Waals surface area (Å²) in [6.07, 6.45) is 0.997. The average molecular weight is 503 g/mol. The molecule has 0 spiro atoms. The van der Waals surface area contributed by atoms with Crippen LogP contribution in [0.2, 0.25) is 0 Å². The molecule has 7 heteroatoms. The quantitative estimate of drug-likeness (QED) is 0.301. The molecule has 194 valence electrons. The van der Waals surface area contributed by atoms with Gasteiger partial charge in [-0.3, -0.25) is 9.59 Å². The second-order valence-corrected chi connectivity index (χ2v) is 10.0. The van der Waals surface area contributed by atoms with Crippen LogP contribution >= 0.6 is 0 Å². The van der Waals surface area contributed by atoms with Crippen molar-refractivity contribution in [3.63, 3.8) is 0 Å². The molecule has 1 atom stereocenters. The topological polar surface area (TPSA) is 96.9 Å². The van der Waals surface area contributed by atoms with Crippen molar-refractivity contribution in [2.75, 3.05) is 12.1 Å². The molecule has 0 fully saturated rings. The normalized spacial score (nSPS) is 12.9. The standard InChI is InChI=1S/C30H34N2O5/c1-18(2)11-26(22-13-19(3)12-20(4)14-22)32-30(35)25-15-23(7-5-21(25)6-10-29(33)34)31-24-8-9-27-28(16-24)37-17-36-27/h5,7-9,12-16,18,26,31H,6,10-11,17H2,1-4H3,(H,32,35)(H,33,34)/t26-/m1/s1. The van der Waals surface area contributed by atoms with Crippen molar-refractivity contribution in [2.24, 2.45) is 5.92 Å². The van der Waals surface area contributed by atoms with E-state index in [1.165, 1.54) is 0 Å². The van der Waals surface area contributed by atoms with Crippen molar-refractivity contribution >= 4 is 23.3 Å². The zero-order valence-corrected chi connectivity index (χ0v) is 21.8. The van der Waals surface area contributed by atoms with Gasteiger partial charge < -0.3 is 25.2 Å². The molecule has 1 aliphatic heterocycles. The van der Waals surface area contributed by atoms with Crippen LogP contribution in [0.1, 0.15) is 65.3 Å². The summed E-state index contributed by atoms with van der Waals surface area (Å²) in [7, 11) is 0. The lowest BCUT2D eigenvalue weighted by molar-refractivity contribution is -0.136. The molecule has 0 unspecified atom stereocenters. The predicted molar refractivity (Wildman–Crippen MR) is 144 cm³/mol. The number of anilines is 2. The number of amides is 1. The molecular formula is C30H34N2O5. The molecule has 0 bridgehead atoms. The lowest BCUT2D eigenvalue weighted by atomic mass is 9.93. The van der Waals surface area contributed by atoms with Crippen LogP contribution in [0.4, 0.5) is 11.4 Å². The van der Waals surface area contributed by atoms with Gasteiger partial charge >= 0.3 is 5.97 Å². The van der Waals surface area contributed by atoms with Crippen molar-refractivity contribution < 1.29 is 24.2 Å². The van der Waals surface area contributed by atoms with Crippen molar-refractivity contribution in [3.05, 3.63) is 82.4 Å². The van der Waals surface area contributed by atoms with E-state index >= 15 is 0 Å². The number of aryl methyl sites for hydroxylation is 3. The molecule has 3 N–H and O–H groups in total. The van der Waals surface area contributed by atoms with Crippen molar-refractivity contribution in [1.29, 1.82) is 0 Å². The second-order valence-electron chi connectivity index (χ2n) is 10.0. The molecule has 0 saturated carbocycles. The Bertz CT molecular complexity index is 1280. The minimum atomic E-state index is -0.901. The van der Waals surface area contributed by atoms with Gasteiger partial charge in [-0.25, -0.2) is 0 Å². The monoisotopic (exact) mass is 502 g/mol. The fraction of sp³-hybridized carbons (Fsp3) is 0.333. The summed E-state index contributed by atoms with van der Waals surface area (Å²) in [5.41, 5.74) is 6.04. The van der Waals surface area contributed by atoms with E-state index in [2.05, 4.69) is 56.5 Å². The third kappa shape index (κ3) is 6.82. The third-order valence-electron chi connectivity index (χ3n) is 6.28. The number of carbonyl (C=O) groups excluding carboxylic acids is 1. The predicted octanol–water partition coefficient (Wildman–Crippen LogP) is 6.31. The largest absolute Gasteiger partial charge is 0.481 e. The molecule has 0 aromatic heterocycles. The Morgan fingerprint density at radius 2 is 1.59 bits per heavy atom. The van der Waals surface area contributed by atoms with E-state index in [4.69, 9.17) is 9.47 Å². The molecule has 1 amide bonds. The zero-order chi connectivity index (χ0) is 26.5. The number of hydrogen-bond acceptors (Lipinski definition) is 5. The summed E-state index contributed by atoms with van der Waals surface area (Å²) in [5, 5.41) is 15.8. The van der Waals surface area contributed by atoms with Crippen LogP contribution in [0.25, 0.3) is 0 Å². The molecule has 3 aromatic carbocycles. The Kier molecular flexibility index (Phi) is 8.01. The van der Waals surface area contributed by atoms with Crippen LogP contribution in [0.15, 0.2) is 54.6 Å². The second kappa shape index (κ2) is 11.4. The highest BCUT2D eigenvalue weighted by Crippen LogP contribution is 2.35. The molecule has 0 radical (unpaired) electrons. The van der Waals surface area contributed by atoms with Crippen LogP contribution in [0.3, 0.4) is 0 Å². The van der Waals surface area contributed by atoms with E-state index in [9.17, 15) is 14.7 Å². The van der Waals surface area contributed by atoms with Crippen molar-refractivity contribution in [1.82, 2.24) is 5.32 Å². The Hall–Kier alpha value is -4.00. The van der Waals surface area contributed by atoms with Gasteiger partial charge in [0.25, 0.3) is 5.91 Å². The van der Waals surface area contributed by atoms with Crippen LogP contribution in [0.5, 0.6) is 11.5 Å². The van der Waals surface area contributed by atoms with Gasteiger partial charge in [-0.05, 0) is 68.0 Å². The number of carboxylic acids is 1. The van der Waals surface area contributed by atoms with Gasteiger partial charge in [-0.2, -0.15) is 0 Å². The molecule has 37 heavy (non-hydrogen) atoms. The summed E-state index contributed by atoms with van der Waals surface area (Å²) >= 11 is 0. The number of hydrogen-bond donors (Lipinski definition) is 3. The fourth-order valence-corrected chi connectivity index (χ4v) is 4.66. The fourth-order valence-electron chi connectivity index (χ4n) is 4.66. The van der Waals surface area contributed by atoms with Gasteiger partial charge in [-0.15, -0.1) is 0 Å². The number of rotatable bonds is 10. The molecule has 1 aliphatic rings. The highest BCUT2D eigenvalue weighted by atomic mass is 16.7. The number of carbonyl (C=O) groups is 2. The molecular weight excluding hydrogens is 468 g/mol. The number of nitrogens with one attached hydrogen (secondary N) is 2. The van der Waals surface area contributed by atoms with E-state index in [0.29, 0.717) is 28.5 Å². The number of ether oxygens (including phenoxy) is 2. The van der Waals surface area contributed by atoms with Gasteiger partial charge in [0.2, 0.25) is 6.79 Å². The first-order valence-electron chi connectivity index (χ1n) is 12.6. The van der Waals surface area contributed by atoms with Crippen LogP contribution in [-0.4, -0.2) is 23.8 Å². The van der Waals surface area contributed by atoms with E-state index in [1.54, 1.807) is 6.07 Å². The SMILES string of the molecule is Cc1cc(C)cc([C@@H](CC(C)C)NC(=O)c2cc(Nc3ccc4c(c3)OCO4)ccc2CCC(=O)O)c1. The summed E-state index contributed by atoms with van der Waals surface area (Å²) in [6.45, 7) is 8.57. The first-order chi connectivity index (χ1) is 17.7. The first kappa shape index (κ1) is 26.1. The highest BCUT2D eigenvalue weighted by molar-refractivity contribution is 5.97. The molecule has 0 saturated heterocycles. The van der Waals surface area contributed by atoms with E-state index < -0.39 is 5.97 Å². The number of fused-ring (bicyclic) bond motifs is 1. The molecule has 7 nitrogen and oxygen atoms in total. The van der Waals surface area contributed by atoms with Gasteiger partial charge in [0.15, 0.2) is 11.5 Å². The molecule has 0 aliphatic carbocycles. The van der Waals surface area contributed by atoms with Gasteiger partial charge in [0.1, 0.15) is 0 Å².